The Balaban J connectivity index is 1.18. The molecule has 1 atom stereocenters. The zero-order chi connectivity index (χ0) is 22.6. The van der Waals surface area contributed by atoms with Crippen LogP contribution in [0.2, 0.25) is 0 Å². The number of anilines is 1. The zero-order valence-electron chi connectivity index (χ0n) is 18.9. The summed E-state index contributed by atoms with van der Waals surface area (Å²) in [6, 6.07) is 20.5. The van der Waals surface area contributed by atoms with Gasteiger partial charge < -0.3 is 15.2 Å². The number of amides is 1. The number of aromatic amines is 1. The van der Waals surface area contributed by atoms with Crippen LogP contribution >= 0.6 is 0 Å². The molecule has 6 heteroatoms. The molecular formula is C27H29N5O. The lowest BCUT2D eigenvalue weighted by Crippen LogP contribution is -2.43. The first-order valence-corrected chi connectivity index (χ1v) is 11.7. The number of rotatable bonds is 6. The summed E-state index contributed by atoms with van der Waals surface area (Å²) in [5, 5.41) is 13.3. The highest BCUT2D eigenvalue weighted by molar-refractivity contribution is 5.83. The smallest absolute Gasteiger partial charge is 0.224 e. The van der Waals surface area contributed by atoms with E-state index >= 15 is 0 Å². The molecule has 1 amide bonds. The number of nitrogens with one attached hydrogen (secondary N) is 2. The molecule has 6 nitrogen and oxygen atoms in total. The lowest BCUT2D eigenvalue weighted by molar-refractivity contribution is -0.125. The molecule has 33 heavy (non-hydrogen) atoms. The van der Waals surface area contributed by atoms with Gasteiger partial charge in [0.15, 0.2) is 5.82 Å². The van der Waals surface area contributed by atoms with Crippen LogP contribution in [0.1, 0.15) is 24.0 Å². The SMILES string of the molecule is Cc1ccccc1-c1ccc(N2CCC[C@@H](C(=O)NCCc3c[nH]c4ccccc34)C2)nn1. The second-order valence-corrected chi connectivity index (χ2v) is 8.78. The Labute approximate surface area is 194 Å². The highest BCUT2D eigenvalue weighted by Gasteiger charge is 2.26. The molecule has 4 aromatic rings. The third kappa shape index (κ3) is 4.60. The molecule has 0 saturated carbocycles. The van der Waals surface area contributed by atoms with Crippen molar-refractivity contribution < 1.29 is 4.79 Å². The number of nitrogens with zero attached hydrogens (tertiary/aromatic N) is 3. The van der Waals surface area contributed by atoms with E-state index in [1.807, 2.05) is 42.6 Å². The van der Waals surface area contributed by atoms with Gasteiger partial charge in [-0.1, -0.05) is 42.5 Å². The molecule has 0 aliphatic carbocycles. The van der Waals surface area contributed by atoms with E-state index in [4.69, 9.17) is 0 Å². The van der Waals surface area contributed by atoms with Gasteiger partial charge in [0.1, 0.15) is 0 Å². The Hall–Kier alpha value is -3.67. The fourth-order valence-corrected chi connectivity index (χ4v) is 4.70. The quantitative estimate of drug-likeness (QED) is 0.464. The highest BCUT2D eigenvalue weighted by Crippen LogP contribution is 2.25. The summed E-state index contributed by atoms with van der Waals surface area (Å²) in [6.07, 6.45) is 4.74. The standard InChI is InChI=1S/C27H29N5O/c1-19-7-2-3-9-22(19)25-12-13-26(31-30-25)32-16-6-8-21(18-32)27(33)28-15-14-20-17-29-24-11-5-4-10-23(20)24/h2-5,7,9-13,17,21,29H,6,8,14-16,18H2,1H3,(H,28,33)/t21-/m1/s1. The predicted octanol–water partition coefficient (Wildman–Crippen LogP) is 4.51. The second-order valence-electron chi connectivity index (χ2n) is 8.78. The number of carbonyl (C=O) groups excluding carboxylic acids is 1. The third-order valence-electron chi connectivity index (χ3n) is 6.56. The van der Waals surface area contributed by atoms with Gasteiger partial charge in [-0.25, -0.2) is 0 Å². The number of H-pyrrole nitrogens is 1. The van der Waals surface area contributed by atoms with Crippen LogP contribution < -0.4 is 10.2 Å². The molecule has 1 fully saturated rings. The monoisotopic (exact) mass is 439 g/mol. The van der Waals surface area contributed by atoms with Crippen molar-refractivity contribution >= 4 is 22.6 Å². The molecule has 0 unspecified atom stereocenters. The minimum Gasteiger partial charge on any atom is -0.361 e. The summed E-state index contributed by atoms with van der Waals surface area (Å²) in [4.78, 5) is 18.3. The molecule has 2 N–H and O–H groups in total. The largest absolute Gasteiger partial charge is 0.361 e. The fourth-order valence-electron chi connectivity index (χ4n) is 4.70. The first-order valence-electron chi connectivity index (χ1n) is 11.7. The molecule has 3 heterocycles. The van der Waals surface area contributed by atoms with Crippen LogP contribution in [-0.4, -0.2) is 40.7 Å². The van der Waals surface area contributed by atoms with E-state index in [-0.39, 0.29) is 11.8 Å². The van der Waals surface area contributed by atoms with Crippen molar-refractivity contribution in [3.63, 3.8) is 0 Å². The van der Waals surface area contributed by atoms with Crippen molar-refractivity contribution in [3.8, 4) is 11.3 Å². The van der Waals surface area contributed by atoms with Crippen molar-refractivity contribution in [1.29, 1.82) is 0 Å². The fraction of sp³-hybridized carbons (Fsp3) is 0.296. The average Bonchev–Trinajstić information content (AvgIpc) is 3.28. The van der Waals surface area contributed by atoms with Crippen LogP contribution in [0, 0.1) is 12.8 Å². The Morgan fingerprint density at radius 3 is 2.79 bits per heavy atom. The van der Waals surface area contributed by atoms with Crippen LogP contribution in [-0.2, 0) is 11.2 Å². The topological polar surface area (TPSA) is 73.9 Å². The number of piperidine rings is 1. The summed E-state index contributed by atoms with van der Waals surface area (Å²) in [5.74, 6) is 0.937. The van der Waals surface area contributed by atoms with Crippen LogP contribution in [0.5, 0.6) is 0 Å². The van der Waals surface area contributed by atoms with Crippen LogP contribution in [0.25, 0.3) is 22.2 Å². The summed E-state index contributed by atoms with van der Waals surface area (Å²) < 4.78 is 0. The second kappa shape index (κ2) is 9.45. The molecule has 0 radical (unpaired) electrons. The maximum absolute atomic E-state index is 12.9. The molecule has 2 aromatic heterocycles. The minimum atomic E-state index is -0.0282. The summed E-state index contributed by atoms with van der Waals surface area (Å²) in [7, 11) is 0. The minimum absolute atomic E-state index is 0.0282. The van der Waals surface area contributed by atoms with Crippen molar-refractivity contribution in [2.24, 2.45) is 5.92 Å². The highest BCUT2D eigenvalue weighted by atomic mass is 16.1. The Kier molecular flexibility index (Phi) is 6.07. The van der Waals surface area contributed by atoms with Crippen molar-refractivity contribution in [1.82, 2.24) is 20.5 Å². The molecule has 1 saturated heterocycles. The molecule has 2 aromatic carbocycles. The normalized spacial score (nSPS) is 16.2. The number of hydrogen-bond acceptors (Lipinski definition) is 4. The number of aryl methyl sites for hydroxylation is 1. The van der Waals surface area contributed by atoms with E-state index < -0.39 is 0 Å². The van der Waals surface area contributed by atoms with Gasteiger partial charge in [-0.15, -0.1) is 10.2 Å². The van der Waals surface area contributed by atoms with Gasteiger partial charge >= 0.3 is 0 Å². The Bertz CT molecular complexity index is 1250. The van der Waals surface area contributed by atoms with Crippen molar-refractivity contribution in [2.75, 3.05) is 24.5 Å². The maximum atomic E-state index is 12.9. The summed E-state index contributed by atoms with van der Waals surface area (Å²) >= 11 is 0. The molecule has 0 bridgehead atoms. The zero-order valence-corrected chi connectivity index (χ0v) is 18.9. The molecule has 1 aliphatic heterocycles. The Morgan fingerprint density at radius 1 is 1.09 bits per heavy atom. The number of carbonyl (C=O) groups is 1. The number of aromatic nitrogens is 3. The third-order valence-corrected chi connectivity index (χ3v) is 6.56. The maximum Gasteiger partial charge on any atom is 0.224 e. The lowest BCUT2D eigenvalue weighted by atomic mass is 9.97. The van der Waals surface area contributed by atoms with E-state index in [2.05, 4.69) is 56.6 Å². The van der Waals surface area contributed by atoms with Crippen molar-refractivity contribution in [2.45, 2.75) is 26.2 Å². The number of hydrogen-bond donors (Lipinski definition) is 2. The van der Waals surface area contributed by atoms with Crippen LogP contribution in [0.15, 0.2) is 66.9 Å². The van der Waals surface area contributed by atoms with E-state index in [9.17, 15) is 4.79 Å². The van der Waals surface area contributed by atoms with E-state index in [1.165, 1.54) is 16.5 Å². The van der Waals surface area contributed by atoms with Gasteiger partial charge in [-0.3, -0.25) is 4.79 Å². The number of fused-ring (bicyclic) bond motifs is 1. The number of para-hydroxylation sites is 1. The first kappa shape index (κ1) is 21.2. The van der Waals surface area contributed by atoms with Crippen molar-refractivity contribution in [3.05, 3.63) is 78.0 Å². The van der Waals surface area contributed by atoms with E-state index in [0.717, 1.165) is 48.4 Å². The molecule has 5 rings (SSSR count). The molecular weight excluding hydrogens is 410 g/mol. The van der Waals surface area contributed by atoms with E-state index in [0.29, 0.717) is 13.1 Å². The molecule has 0 spiro atoms. The van der Waals surface area contributed by atoms with Gasteiger partial charge in [0.2, 0.25) is 5.91 Å². The van der Waals surface area contributed by atoms with Gasteiger partial charge in [-0.05, 0) is 55.5 Å². The van der Waals surface area contributed by atoms with Gasteiger partial charge in [-0.2, -0.15) is 0 Å². The average molecular weight is 440 g/mol. The Morgan fingerprint density at radius 2 is 1.94 bits per heavy atom. The summed E-state index contributed by atoms with van der Waals surface area (Å²) in [5.41, 5.74) is 5.53. The van der Waals surface area contributed by atoms with E-state index in [1.54, 1.807) is 0 Å². The van der Waals surface area contributed by atoms with Gasteiger partial charge in [0, 0.05) is 42.3 Å². The summed E-state index contributed by atoms with van der Waals surface area (Å²) in [6.45, 7) is 4.30. The lowest BCUT2D eigenvalue weighted by Gasteiger charge is -2.32. The van der Waals surface area contributed by atoms with Crippen LogP contribution in [0.4, 0.5) is 5.82 Å². The number of benzene rings is 2. The molecule has 1 aliphatic rings. The first-order chi connectivity index (χ1) is 16.2. The van der Waals surface area contributed by atoms with Crippen LogP contribution in [0.3, 0.4) is 0 Å². The molecule has 168 valence electrons. The van der Waals surface area contributed by atoms with Gasteiger partial charge in [0.25, 0.3) is 0 Å². The predicted molar refractivity (Wildman–Crippen MR) is 132 cm³/mol. The van der Waals surface area contributed by atoms with Gasteiger partial charge in [0.05, 0.1) is 11.6 Å².